The van der Waals surface area contributed by atoms with Gasteiger partial charge in [-0.15, -0.1) is 11.6 Å². The number of fused-ring (bicyclic) bond motifs is 2. The molecule has 0 aromatic heterocycles. The Hall–Kier alpha value is 0.990. The highest BCUT2D eigenvalue weighted by atomic mass is 35.5. The van der Waals surface area contributed by atoms with Crippen LogP contribution in [-0.4, -0.2) is 20.8 Å². The number of hydrogen-bond donors (Lipinski definition) is 0. The fraction of sp³-hybridized carbons (Fsp3) is 0.750. The minimum atomic E-state index is -1.26. The summed E-state index contributed by atoms with van der Waals surface area (Å²) in [6, 6.07) is 0. The van der Waals surface area contributed by atoms with Crippen LogP contribution in [0.2, 0.25) is 0 Å². The highest BCUT2D eigenvalue weighted by Gasteiger charge is 2.73. The van der Waals surface area contributed by atoms with Crippen LogP contribution in [0.4, 0.5) is 0 Å². The van der Waals surface area contributed by atoms with Crippen molar-refractivity contribution in [2.45, 2.75) is 23.2 Å². The molecule has 0 aromatic carbocycles. The number of nitrogens with zero attached hydrogens (tertiary/aromatic N) is 1. The van der Waals surface area contributed by atoms with Crippen molar-refractivity contribution in [3.8, 4) is 0 Å². The molecule has 80 valence electrons. The van der Waals surface area contributed by atoms with Crippen LogP contribution in [0, 0.1) is 5.41 Å². The number of hydrogen-bond acceptors (Lipinski definition) is 1. The van der Waals surface area contributed by atoms with E-state index in [1.54, 1.807) is 4.90 Å². The molecule has 1 fully saturated rings. The van der Waals surface area contributed by atoms with Crippen molar-refractivity contribution in [3.05, 3.63) is 10.2 Å². The fourth-order valence-corrected chi connectivity index (χ4v) is 4.37. The van der Waals surface area contributed by atoms with Gasteiger partial charge in [0, 0.05) is 12.0 Å². The van der Waals surface area contributed by atoms with Gasteiger partial charge in [0.1, 0.15) is 10.0 Å². The van der Waals surface area contributed by atoms with E-state index < -0.39 is 9.33 Å². The van der Waals surface area contributed by atoms with Crippen LogP contribution in [0.5, 0.6) is 0 Å². The van der Waals surface area contributed by atoms with Crippen LogP contribution in [0.25, 0.3) is 0 Å². The lowest BCUT2D eigenvalue weighted by Gasteiger charge is -2.36. The van der Waals surface area contributed by atoms with E-state index in [0.717, 1.165) is 0 Å². The summed E-state index contributed by atoms with van der Waals surface area (Å²) in [6.45, 7) is 4.52. The van der Waals surface area contributed by atoms with Crippen LogP contribution in [0.3, 0.4) is 0 Å². The molecule has 2 aliphatic rings. The summed E-state index contributed by atoms with van der Waals surface area (Å²) >= 11 is 30.9. The second-order valence-corrected chi connectivity index (χ2v) is 6.86. The minimum absolute atomic E-state index is 0.312. The third kappa shape index (κ3) is 0.965. The van der Waals surface area contributed by atoms with E-state index in [1.807, 2.05) is 13.8 Å². The molecule has 2 bridgehead atoms. The molecule has 0 radical (unpaired) electrons. The SMILES string of the molecule is CC1(C)CN2C(Cl)=C(Cl)C1(Cl)C2(Cl)Cl. The van der Waals surface area contributed by atoms with Crippen molar-refractivity contribution in [1.29, 1.82) is 0 Å². The molecular weight excluding hydrogens is 287 g/mol. The van der Waals surface area contributed by atoms with E-state index in [-0.39, 0.29) is 5.41 Å². The summed E-state index contributed by atoms with van der Waals surface area (Å²) in [4.78, 5) is 0.606. The molecule has 2 rings (SSSR count). The van der Waals surface area contributed by atoms with Gasteiger partial charge in [0.15, 0.2) is 0 Å². The molecule has 2 aliphatic heterocycles. The first-order valence-corrected chi connectivity index (χ1v) is 5.95. The van der Waals surface area contributed by atoms with E-state index in [1.165, 1.54) is 0 Å². The van der Waals surface area contributed by atoms with Crippen molar-refractivity contribution in [1.82, 2.24) is 4.90 Å². The van der Waals surface area contributed by atoms with Gasteiger partial charge in [-0.25, -0.2) is 0 Å². The van der Waals surface area contributed by atoms with Gasteiger partial charge in [-0.05, 0) is 0 Å². The highest BCUT2D eigenvalue weighted by Crippen LogP contribution is 2.68. The molecule has 2 heterocycles. The molecule has 14 heavy (non-hydrogen) atoms. The molecule has 1 nitrogen and oxygen atoms in total. The first-order valence-electron chi connectivity index (χ1n) is 4.06. The normalized spacial score (nSPS) is 38.4. The van der Waals surface area contributed by atoms with E-state index in [9.17, 15) is 0 Å². The lowest BCUT2D eigenvalue weighted by atomic mass is 9.80. The zero-order valence-electron chi connectivity index (χ0n) is 7.54. The van der Waals surface area contributed by atoms with Crippen molar-refractivity contribution in [2.24, 2.45) is 5.41 Å². The topological polar surface area (TPSA) is 3.24 Å². The molecule has 0 aliphatic carbocycles. The van der Waals surface area contributed by atoms with Crippen LogP contribution in [0.15, 0.2) is 10.2 Å². The smallest absolute Gasteiger partial charge is 0.216 e. The van der Waals surface area contributed by atoms with Crippen LogP contribution >= 0.6 is 58.0 Å². The predicted molar refractivity (Wildman–Crippen MR) is 62.2 cm³/mol. The Morgan fingerprint density at radius 3 is 1.93 bits per heavy atom. The van der Waals surface area contributed by atoms with Gasteiger partial charge < -0.3 is 4.90 Å². The molecule has 0 saturated carbocycles. The minimum Gasteiger partial charge on any atom is -0.328 e. The molecule has 0 N–H and O–H groups in total. The highest BCUT2D eigenvalue weighted by molar-refractivity contribution is 6.59. The van der Waals surface area contributed by atoms with Gasteiger partial charge in [-0.2, -0.15) is 0 Å². The number of alkyl halides is 3. The maximum atomic E-state index is 6.45. The van der Waals surface area contributed by atoms with Crippen molar-refractivity contribution in [3.63, 3.8) is 0 Å². The van der Waals surface area contributed by atoms with Gasteiger partial charge in [0.2, 0.25) is 4.46 Å². The average molecular weight is 295 g/mol. The Kier molecular flexibility index (Phi) is 2.30. The van der Waals surface area contributed by atoms with Crippen molar-refractivity contribution in [2.75, 3.05) is 6.54 Å². The monoisotopic (exact) mass is 293 g/mol. The maximum absolute atomic E-state index is 6.45. The molecule has 0 spiro atoms. The molecule has 1 atom stereocenters. The zero-order valence-corrected chi connectivity index (χ0v) is 11.3. The van der Waals surface area contributed by atoms with Crippen LogP contribution < -0.4 is 0 Å². The second kappa shape index (κ2) is 2.81. The third-order valence-corrected chi connectivity index (χ3v) is 6.15. The zero-order chi connectivity index (χ0) is 10.9. The third-order valence-electron chi connectivity index (χ3n) is 2.96. The fourth-order valence-electron chi connectivity index (χ4n) is 2.08. The van der Waals surface area contributed by atoms with Gasteiger partial charge in [0.05, 0.1) is 5.03 Å². The Labute approximate surface area is 108 Å². The Morgan fingerprint density at radius 1 is 1.14 bits per heavy atom. The van der Waals surface area contributed by atoms with Crippen molar-refractivity contribution < 1.29 is 0 Å². The summed E-state index contributed by atoms with van der Waals surface area (Å²) < 4.78 is -1.26. The van der Waals surface area contributed by atoms with Gasteiger partial charge in [0.25, 0.3) is 0 Å². The standard InChI is InChI=1S/C8H8Cl5N/c1-6(2)3-14-5(10)4(9)7(6,11)8(14,12)13/h3H2,1-2H3. The summed E-state index contributed by atoms with van der Waals surface area (Å²) in [6.07, 6.45) is 0. The van der Waals surface area contributed by atoms with Gasteiger partial charge in [-0.1, -0.05) is 60.3 Å². The molecule has 1 saturated heterocycles. The van der Waals surface area contributed by atoms with Crippen LogP contribution in [0.1, 0.15) is 13.8 Å². The first-order chi connectivity index (χ1) is 6.16. The first kappa shape index (κ1) is 11.5. The molecule has 1 unspecified atom stereocenters. The van der Waals surface area contributed by atoms with Crippen LogP contribution in [-0.2, 0) is 0 Å². The molecular formula is C8H8Cl5N. The van der Waals surface area contributed by atoms with E-state index >= 15 is 0 Å². The van der Waals surface area contributed by atoms with Gasteiger partial charge >= 0.3 is 0 Å². The average Bonchev–Trinajstić information content (AvgIpc) is 2.26. The van der Waals surface area contributed by atoms with E-state index in [4.69, 9.17) is 58.0 Å². The summed E-state index contributed by atoms with van der Waals surface area (Å²) in [5.74, 6) is 0. The molecule has 0 amide bonds. The maximum Gasteiger partial charge on any atom is 0.216 e. The van der Waals surface area contributed by atoms with E-state index in [0.29, 0.717) is 16.7 Å². The number of rotatable bonds is 0. The molecule has 6 heteroatoms. The lowest BCUT2D eigenvalue weighted by molar-refractivity contribution is 0.312. The van der Waals surface area contributed by atoms with E-state index in [2.05, 4.69) is 0 Å². The Bertz CT molecular complexity index is 335. The second-order valence-electron chi connectivity index (χ2n) is 4.27. The summed E-state index contributed by atoms with van der Waals surface area (Å²) in [7, 11) is 0. The molecule has 0 aromatic rings. The Morgan fingerprint density at radius 2 is 1.64 bits per heavy atom. The van der Waals surface area contributed by atoms with Gasteiger partial charge in [-0.3, -0.25) is 0 Å². The predicted octanol–water partition coefficient (Wildman–Crippen LogP) is 4.10. The summed E-state index contributed by atoms with van der Waals surface area (Å²) in [5.41, 5.74) is -0.312. The lowest BCUT2D eigenvalue weighted by Crippen LogP contribution is -2.46. The number of halogens is 5. The summed E-state index contributed by atoms with van der Waals surface area (Å²) in [5, 5.41) is 0.688. The quantitative estimate of drug-likeness (QED) is 0.480. The largest absolute Gasteiger partial charge is 0.328 e. The van der Waals surface area contributed by atoms with Crippen molar-refractivity contribution >= 4 is 58.0 Å². The Balaban J connectivity index is 2.66.